The number of alkyl halides is 3. The van der Waals surface area contributed by atoms with Crippen LogP contribution in [0.3, 0.4) is 0 Å². The zero-order valence-electron chi connectivity index (χ0n) is 29.3. The maximum absolute atomic E-state index is 13.0. The lowest BCUT2D eigenvalue weighted by Gasteiger charge is -2.58. The molecule has 42 heavy (non-hydrogen) atoms. The second-order valence-corrected chi connectivity index (χ2v) is 11.7. The first-order valence-corrected chi connectivity index (χ1v) is 14.6. The van der Waals surface area contributed by atoms with Crippen LogP contribution in [0.2, 0.25) is 0 Å². The van der Waals surface area contributed by atoms with E-state index in [0.717, 1.165) is 55.4 Å². The molecule has 2 saturated heterocycles. The quantitative estimate of drug-likeness (QED) is 0.364. The molecule has 12 heteroatoms. The van der Waals surface area contributed by atoms with Gasteiger partial charge in [0, 0.05) is 65.1 Å². The number of nitrogens with zero attached hydrogens (tertiary/aromatic N) is 7. The van der Waals surface area contributed by atoms with Crippen LogP contribution in [0.4, 0.5) is 13.2 Å². The summed E-state index contributed by atoms with van der Waals surface area (Å²) < 4.78 is 104. The highest BCUT2D eigenvalue weighted by Crippen LogP contribution is 2.43. The van der Waals surface area contributed by atoms with E-state index in [2.05, 4.69) is 26.5 Å². The summed E-state index contributed by atoms with van der Waals surface area (Å²) in [5, 5.41) is 13.3. The van der Waals surface area contributed by atoms with E-state index in [0.29, 0.717) is 37.4 Å². The lowest BCUT2D eigenvalue weighted by molar-refractivity contribution is -0.231. The van der Waals surface area contributed by atoms with Crippen molar-refractivity contribution >= 4 is 0 Å². The van der Waals surface area contributed by atoms with Gasteiger partial charge in [0.2, 0.25) is 5.88 Å². The van der Waals surface area contributed by atoms with Crippen LogP contribution in [0, 0.1) is 0 Å². The number of likely N-dealkylation sites (tertiary alicyclic amines) is 1. The maximum atomic E-state index is 13.0. The fraction of sp³-hybridized carbons (Fsp3) is 0.667. The van der Waals surface area contributed by atoms with Gasteiger partial charge in [0.1, 0.15) is 12.4 Å². The van der Waals surface area contributed by atoms with Gasteiger partial charge in [-0.3, -0.25) is 9.58 Å². The molecule has 0 N–H and O–H groups in total. The predicted molar refractivity (Wildman–Crippen MR) is 147 cm³/mol. The average molecular weight is 592 g/mol. The molecule has 0 bridgehead atoms. The SMILES string of the molecule is [2H]C1([2H])COC12C([2H])([2H])N(C1CCC(n3cc(C4CCC(c5nnc(COc6cc(C(F)(F)F)ccn6)n5C)CC4)cn3)CC1)C2([2H])[2H]. The first-order valence-electron chi connectivity index (χ1n) is 17.6. The van der Waals surface area contributed by atoms with Crippen LogP contribution in [0.1, 0.15) is 107 Å². The third kappa shape index (κ3) is 5.43. The summed E-state index contributed by atoms with van der Waals surface area (Å²) in [6.45, 7) is -4.84. The van der Waals surface area contributed by atoms with Crippen molar-refractivity contribution in [2.24, 2.45) is 7.05 Å². The molecule has 2 aliphatic carbocycles. The Labute approximate surface area is 251 Å². The summed E-state index contributed by atoms with van der Waals surface area (Å²) in [5.41, 5.74) is -1.76. The van der Waals surface area contributed by atoms with E-state index in [1.165, 1.54) is 4.90 Å². The van der Waals surface area contributed by atoms with Crippen molar-refractivity contribution in [2.75, 3.05) is 19.6 Å². The molecule has 9 nitrogen and oxygen atoms in total. The van der Waals surface area contributed by atoms with E-state index in [1.807, 2.05) is 22.5 Å². The van der Waals surface area contributed by atoms with Gasteiger partial charge in [-0.05, 0) is 68.9 Å². The molecular weight excluding hydrogens is 547 g/mol. The van der Waals surface area contributed by atoms with Crippen molar-refractivity contribution < 1.29 is 30.9 Å². The number of ether oxygens (including phenoxy) is 2. The summed E-state index contributed by atoms with van der Waals surface area (Å²) in [6, 6.07) is 1.52. The molecule has 0 unspecified atom stereocenters. The molecule has 3 aromatic heterocycles. The van der Waals surface area contributed by atoms with Crippen molar-refractivity contribution in [3.8, 4) is 5.88 Å². The minimum Gasteiger partial charge on any atom is -0.469 e. The molecule has 2 aliphatic heterocycles. The van der Waals surface area contributed by atoms with E-state index in [-0.39, 0.29) is 37.1 Å². The van der Waals surface area contributed by atoms with Crippen LogP contribution in [-0.4, -0.2) is 65.7 Å². The van der Waals surface area contributed by atoms with Crippen LogP contribution in [0.5, 0.6) is 5.88 Å². The Hall–Kier alpha value is -2.99. The molecule has 3 aromatic rings. The minimum atomic E-state index is -4.48. The number of halogens is 3. The zero-order valence-corrected chi connectivity index (χ0v) is 23.3. The number of hydrogen-bond donors (Lipinski definition) is 0. The monoisotopic (exact) mass is 591 g/mol. The fourth-order valence-electron chi connectivity index (χ4n) is 6.57. The van der Waals surface area contributed by atoms with Gasteiger partial charge in [-0.15, -0.1) is 10.2 Å². The van der Waals surface area contributed by atoms with Crippen molar-refractivity contribution in [3.05, 3.63) is 53.5 Å². The van der Waals surface area contributed by atoms with E-state index < -0.39 is 36.7 Å². The molecule has 0 atom stereocenters. The molecule has 1 spiro atoms. The van der Waals surface area contributed by atoms with Gasteiger partial charge in [-0.1, -0.05) is 0 Å². The second-order valence-electron chi connectivity index (χ2n) is 11.7. The average Bonchev–Trinajstić information content (AvgIpc) is 3.66. The molecule has 4 fully saturated rings. The van der Waals surface area contributed by atoms with Gasteiger partial charge < -0.3 is 14.0 Å². The highest BCUT2D eigenvalue weighted by atomic mass is 19.4. The molecule has 4 aliphatic rings. The van der Waals surface area contributed by atoms with Crippen molar-refractivity contribution in [1.82, 2.24) is 34.4 Å². The molecule has 0 radical (unpaired) electrons. The lowest BCUT2D eigenvalue weighted by atomic mass is 9.79. The smallest absolute Gasteiger partial charge is 0.416 e. The van der Waals surface area contributed by atoms with Crippen LogP contribution in [0.25, 0.3) is 0 Å². The standard InChI is InChI=1S/C30H38F3N7O2/c1-38-26(17-41-27-14-23(10-12-34-27)30(31,32)33)36-37-28(38)21-4-2-20(3-5-21)22-15-35-40(16-22)25-8-6-24(7-9-25)39-18-29(19-39)11-13-42-29/h10,12,14-16,20-21,24-25H,2-9,11,13,17-19H2,1H3/i11D2,18D2,19D2. The number of aromatic nitrogens is 6. The third-order valence-electron chi connectivity index (χ3n) is 9.17. The van der Waals surface area contributed by atoms with Gasteiger partial charge in [-0.2, -0.15) is 18.3 Å². The van der Waals surface area contributed by atoms with Gasteiger partial charge in [0.25, 0.3) is 0 Å². The molecule has 7 rings (SSSR count). The minimum absolute atomic E-state index is 0.0568. The van der Waals surface area contributed by atoms with Crippen molar-refractivity contribution in [3.63, 3.8) is 0 Å². The summed E-state index contributed by atoms with van der Waals surface area (Å²) >= 11 is 0. The van der Waals surface area contributed by atoms with Gasteiger partial charge in [0.05, 0.1) is 30.0 Å². The summed E-state index contributed by atoms with van der Waals surface area (Å²) in [6.07, 6.45) is 4.77. The van der Waals surface area contributed by atoms with Crippen LogP contribution >= 0.6 is 0 Å². The number of rotatable bonds is 7. The summed E-state index contributed by atoms with van der Waals surface area (Å²) in [4.78, 5) is 5.07. The first kappa shape index (κ1) is 21.7. The molecule has 5 heterocycles. The van der Waals surface area contributed by atoms with E-state index >= 15 is 0 Å². The van der Waals surface area contributed by atoms with E-state index in [1.54, 1.807) is 0 Å². The zero-order chi connectivity index (χ0) is 34.3. The largest absolute Gasteiger partial charge is 0.469 e. The highest BCUT2D eigenvalue weighted by molar-refractivity contribution is 5.23. The Bertz CT molecular complexity index is 1640. The summed E-state index contributed by atoms with van der Waals surface area (Å²) in [5.74, 6) is 1.71. The molecule has 2 saturated carbocycles. The fourth-order valence-corrected chi connectivity index (χ4v) is 6.57. The highest BCUT2D eigenvalue weighted by Gasteiger charge is 2.51. The second kappa shape index (κ2) is 10.9. The van der Waals surface area contributed by atoms with Crippen molar-refractivity contribution in [2.45, 2.75) is 100 Å². The van der Waals surface area contributed by atoms with Gasteiger partial charge in [-0.25, -0.2) is 4.98 Å². The van der Waals surface area contributed by atoms with Crippen molar-refractivity contribution in [1.29, 1.82) is 0 Å². The number of pyridine rings is 1. The first-order chi connectivity index (χ1) is 22.6. The Morgan fingerprint density at radius 1 is 1.05 bits per heavy atom. The number of hydrogen-bond acceptors (Lipinski definition) is 7. The predicted octanol–water partition coefficient (Wildman–Crippen LogP) is 5.40. The van der Waals surface area contributed by atoms with E-state index in [4.69, 9.17) is 17.7 Å². The molecule has 0 amide bonds. The van der Waals surface area contributed by atoms with E-state index in [9.17, 15) is 13.2 Å². The van der Waals surface area contributed by atoms with Crippen LogP contribution < -0.4 is 4.74 Å². The summed E-state index contributed by atoms with van der Waals surface area (Å²) in [7, 11) is 1.83. The Morgan fingerprint density at radius 2 is 1.79 bits per heavy atom. The Balaban J connectivity index is 0.913. The third-order valence-corrected chi connectivity index (χ3v) is 9.17. The van der Waals surface area contributed by atoms with Gasteiger partial charge >= 0.3 is 6.18 Å². The topological polar surface area (TPSA) is 83.1 Å². The van der Waals surface area contributed by atoms with Gasteiger partial charge in [0.15, 0.2) is 5.82 Å². The van der Waals surface area contributed by atoms with Crippen LogP contribution in [-0.2, 0) is 24.6 Å². The molecular formula is C30H38F3N7O2. The normalized spacial score (nSPS) is 33.6. The Kier molecular flexibility index (Phi) is 5.64. The van der Waals surface area contributed by atoms with Crippen LogP contribution in [0.15, 0.2) is 30.7 Å². The molecule has 226 valence electrons. The lowest BCUT2D eigenvalue weighted by Crippen LogP contribution is -2.70. The Morgan fingerprint density at radius 3 is 2.48 bits per heavy atom. The maximum Gasteiger partial charge on any atom is 0.416 e. The molecule has 0 aromatic carbocycles.